The predicted molar refractivity (Wildman–Crippen MR) is 125 cm³/mol. The van der Waals surface area contributed by atoms with Crippen molar-refractivity contribution in [3.8, 4) is 5.75 Å². The molecular weight excluding hydrogens is 439 g/mol. The number of carbonyl (C=O) groups excluding carboxylic acids is 1. The Morgan fingerprint density at radius 2 is 1.87 bits per heavy atom. The average Bonchev–Trinajstić information content (AvgIpc) is 3.17. The van der Waals surface area contributed by atoms with Crippen LogP contribution in [0.25, 0.3) is 0 Å². The first-order chi connectivity index (χ1) is 14.5. The third-order valence-corrected chi connectivity index (χ3v) is 6.17. The maximum absolute atomic E-state index is 12.5. The Labute approximate surface area is 191 Å². The highest BCUT2D eigenvalue weighted by Crippen LogP contribution is 2.26. The summed E-state index contributed by atoms with van der Waals surface area (Å²) < 4.78 is 5.72. The number of ether oxygens (including phenoxy) is 1. The molecule has 1 heterocycles. The lowest BCUT2D eigenvalue weighted by atomic mass is 10.1. The molecule has 3 aromatic rings. The van der Waals surface area contributed by atoms with E-state index in [-0.39, 0.29) is 5.91 Å². The van der Waals surface area contributed by atoms with Gasteiger partial charge in [0.05, 0.1) is 16.7 Å². The predicted octanol–water partition coefficient (Wildman–Crippen LogP) is 7.25. The molecule has 7 heteroatoms. The number of rotatable bonds is 10. The van der Waals surface area contributed by atoms with Crippen molar-refractivity contribution >= 4 is 45.6 Å². The van der Waals surface area contributed by atoms with Gasteiger partial charge in [-0.15, -0.1) is 11.3 Å². The number of nitrogens with one attached hydrogen (secondary N) is 1. The number of hydrogen-bond acceptors (Lipinski definition) is 4. The average molecular weight is 463 g/mol. The number of amides is 1. The number of aromatic nitrogens is 1. The van der Waals surface area contributed by atoms with E-state index in [1.165, 1.54) is 30.6 Å². The van der Waals surface area contributed by atoms with Gasteiger partial charge in [0, 0.05) is 23.1 Å². The third-order valence-electron chi connectivity index (χ3n) is 4.52. The fourth-order valence-corrected chi connectivity index (χ4v) is 4.05. The van der Waals surface area contributed by atoms with Crippen molar-refractivity contribution in [1.29, 1.82) is 0 Å². The second-order valence-electron chi connectivity index (χ2n) is 6.94. The van der Waals surface area contributed by atoms with Gasteiger partial charge in [0.1, 0.15) is 5.75 Å². The number of anilines is 1. The molecule has 3 rings (SSSR count). The van der Waals surface area contributed by atoms with Gasteiger partial charge in [-0.05, 0) is 48.4 Å². The van der Waals surface area contributed by atoms with E-state index in [4.69, 9.17) is 27.9 Å². The SMILES string of the molecule is CCCCCCOc1ccc(C(=O)Nc2ncc(Cc3ccc(Cl)c(Cl)c3)s2)cc1. The summed E-state index contributed by atoms with van der Waals surface area (Å²) in [5.41, 5.74) is 1.60. The van der Waals surface area contributed by atoms with E-state index < -0.39 is 0 Å². The van der Waals surface area contributed by atoms with Crippen LogP contribution in [-0.4, -0.2) is 17.5 Å². The second kappa shape index (κ2) is 11.3. The van der Waals surface area contributed by atoms with Crippen LogP contribution in [0.5, 0.6) is 5.75 Å². The molecule has 158 valence electrons. The molecule has 0 spiro atoms. The number of thiazole rings is 1. The zero-order valence-corrected chi connectivity index (χ0v) is 19.1. The standard InChI is InChI=1S/C23H24Cl2N2O2S/c1-2-3-4-5-12-29-18-9-7-17(8-10-18)22(28)27-23-26-15-19(30-23)13-16-6-11-20(24)21(25)14-16/h6-11,14-15H,2-5,12-13H2,1H3,(H,26,27,28). The van der Waals surface area contributed by atoms with Crippen molar-refractivity contribution in [1.82, 2.24) is 4.98 Å². The van der Waals surface area contributed by atoms with Gasteiger partial charge in [0.15, 0.2) is 5.13 Å². The summed E-state index contributed by atoms with van der Waals surface area (Å²) in [4.78, 5) is 17.8. The van der Waals surface area contributed by atoms with E-state index in [2.05, 4.69) is 17.2 Å². The molecule has 0 unspecified atom stereocenters. The Kier molecular flexibility index (Phi) is 8.55. The lowest BCUT2D eigenvalue weighted by Crippen LogP contribution is -2.11. The molecule has 1 amide bonds. The van der Waals surface area contributed by atoms with Crippen LogP contribution >= 0.6 is 34.5 Å². The molecule has 0 aliphatic rings. The number of hydrogen-bond donors (Lipinski definition) is 1. The minimum Gasteiger partial charge on any atom is -0.494 e. The zero-order valence-electron chi connectivity index (χ0n) is 16.8. The minimum absolute atomic E-state index is 0.195. The van der Waals surface area contributed by atoms with Crippen molar-refractivity contribution in [3.63, 3.8) is 0 Å². The van der Waals surface area contributed by atoms with E-state index in [1.54, 1.807) is 24.4 Å². The highest BCUT2D eigenvalue weighted by atomic mass is 35.5. The summed E-state index contributed by atoms with van der Waals surface area (Å²) in [5, 5.41) is 4.47. The molecular formula is C23H24Cl2N2O2S. The molecule has 0 aliphatic heterocycles. The largest absolute Gasteiger partial charge is 0.494 e. The molecule has 0 fully saturated rings. The Balaban J connectivity index is 1.51. The van der Waals surface area contributed by atoms with E-state index in [1.807, 2.05) is 24.3 Å². The first kappa shape index (κ1) is 22.6. The van der Waals surface area contributed by atoms with Gasteiger partial charge >= 0.3 is 0 Å². The third kappa shape index (κ3) is 6.73. The summed E-state index contributed by atoms with van der Waals surface area (Å²) in [6, 6.07) is 12.7. The highest BCUT2D eigenvalue weighted by molar-refractivity contribution is 7.15. The van der Waals surface area contributed by atoms with Crippen molar-refractivity contribution in [2.24, 2.45) is 0 Å². The van der Waals surface area contributed by atoms with Crippen molar-refractivity contribution in [2.75, 3.05) is 11.9 Å². The second-order valence-corrected chi connectivity index (χ2v) is 8.87. The van der Waals surface area contributed by atoms with Crippen LogP contribution < -0.4 is 10.1 Å². The maximum Gasteiger partial charge on any atom is 0.257 e. The van der Waals surface area contributed by atoms with Crippen LogP contribution in [0, 0.1) is 0 Å². The fourth-order valence-electron chi connectivity index (χ4n) is 2.89. The molecule has 0 radical (unpaired) electrons. The zero-order chi connectivity index (χ0) is 21.3. The Morgan fingerprint density at radius 1 is 1.07 bits per heavy atom. The molecule has 0 saturated carbocycles. The normalized spacial score (nSPS) is 10.8. The molecule has 4 nitrogen and oxygen atoms in total. The van der Waals surface area contributed by atoms with Gasteiger partial charge in [0.2, 0.25) is 0 Å². The summed E-state index contributed by atoms with van der Waals surface area (Å²) in [7, 11) is 0. The fraction of sp³-hybridized carbons (Fsp3) is 0.304. The number of halogens is 2. The number of unbranched alkanes of at least 4 members (excludes halogenated alkanes) is 3. The molecule has 2 aromatic carbocycles. The molecule has 0 bridgehead atoms. The highest BCUT2D eigenvalue weighted by Gasteiger charge is 2.10. The molecule has 30 heavy (non-hydrogen) atoms. The molecule has 1 aromatic heterocycles. The number of benzene rings is 2. The Hall–Kier alpha value is -2.08. The van der Waals surface area contributed by atoms with E-state index in [0.29, 0.717) is 33.8 Å². The summed E-state index contributed by atoms with van der Waals surface area (Å²) in [5.74, 6) is 0.584. The first-order valence-electron chi connectivity index (χ1n) is 9.98. The first-order valence-corrected chi connectivity index (χ1v) is 11.5. The van der Waals surface area contributed by atoms with Gasteiger partial charge < -0.3 is 4.74 Å². The summed E-state index contributed by atoms with van der Waals surface area (Å²) in [6.45, 7) is 2.89. The van der Waals surface area contributed by atoms with Crippen LogP contribution in [0.1, 0.15) is 53.4 Å². The van der Waals surface area contributed by atoms with Gasteiger partial charge in [-0.3, -0.25) is 10.1 Å². The molecule has 0 aliphatic carbocycles. The van der Waals surface area contributed by atoms with Gasteiger partial charge in [-0.25, -0.2) is 4.98 Å². The van der Waals surface area contributed by atoms with Crippen molar-refractivity contribution < 1.29 is 9.53 Å². The van der Waals surface area contributed by atoms with Crippen LogP contribution in [0.15, 0.2) is 48.7 Å². The summed E-state index contributed by atoms with van der Waals surface area (Å²) in [6.07, 6.45) is 7.10. The number of carbonyl (C=O) groups is 1. The lowest BCUT2D eigenvalue weighted by molar-refractivity contribution is 0.102. The van der Waals surface area contributed by atoms with E-state index in [9.17, 15) is 4.79 Å². The van der Waals surface area contributed by atoms with Crippen molar-refractivity contribution in [2.45, 2.75) is 39.0 Å². The van der Waals surface area contributed by atoms with E-state index in [0.717, 1.165) is 22.6 Å². The number of nitrogens with zero attached hydrogens (tertiary/aromatic N) is 1. The monoisotopic (exact) mass is 462 g/mol. The topological polar surface area (TPSA) is 51.2 Å². The quantitative estimate of drug-likeness (QED) is 0.322. The van der Waals surface area contributed by atoms with Crippen LogP contribution in [0.3, 0.4) is 0 Å². The van der Waals surface area contributed by atoms with E-state index >= 15 is 0 Å². The molecule has 0 saturated heterocycles. The maximum atomic E-state index is 12.5. The smallest absolute Gasteiger partial charge is 0.257 e. The van der Waals surface area contributed by atoms with Crippen LogP contribution in [0.4, 0.5) is 5.13 Å². The van der Waals surface area contributed by atoms with Crippen LogP contribution in [0.2, 0.25) is 10.0 Å². The van der Waals surface area contributed by atoms with Crippen LogP contribution in [-0.2, 0) is 6.42 Å². The lowest BCUT2D eigenvalue weighted by Gasteiger charge is -2.07. The Morgan fingerprint density at radius 3 is 2.60 bits per heavy atom. The molecule has 1 N–H and O–H groups in total. The van der Waals surface area contributed by atoms with Gasteiger partial charge in [-0.1, -0.05) is 55.5 Å². The minimum atomic E-state index is -0.195. The van der Waals surface area contributed by atoms with Crippen molar-refractivity contribution in [3.05, 3.63) is 74.7 Å². The summed E-state index contributed by atoms with van der Waals surface area (Å²) >= 11 is 13.5. The molecule has 0 atom stereocenters. The Bertz CT molecular complexity index is 974. The van der Waals surface area contributed by atoms with Gasteiger partial charge in [-0.2, -0.15) is 0 Å². The van der Waals surface area contributed by atoms with Gasteiger partial charge in [0.25, 0.3) is 5.91 Å².